The Labute approximate surface area is 334 Å². The third kappa shape index (κ3) is 5.49. The Hall–Kier alpha value is -6.26. The van der Waals surface area contributed by atoms with Crippen molar-refractivity contribution in [2.24, 2.45) is 9.98 Å². The molecule has 1 aliphatic heterocycles. The summed E-state index contributed by atoms with van der Waals surface area (Å²) in [6.45, 7) is 9.70. The Morgan fingerprint density at radius 1 is 0.596 bits per heavy atom. The van der Waals surface area contributed by atoms with Gasteiger partial charge in [-0.1, -0.05) is 143 Å². The Morgan fingerprint density at radius 3 is 2.05 bits per heavy atom. The van der Waals surface area contributed by atoms with Crippen LogP contribution in [0.25, 0.3) is 49.4 Å². The van der Waals surface area contributed by atoms with Crippen LogP contribution in [0.3, 0.4) is 0 Å². The molecule has 0 fully saturated rings. The van der Waals surface area contributed by atoms with Crippen molar-refractivity contribution in [1.29, 1.82) is 0 Å². The maximum atomic E-state index is 5.36. The summed E-state index contributed by atoms with van der Waals surface area (Å²) in [7, 11) is 0. The number of hydrogen-bond acceptors (Lipinski definition) is 3. The molecular weight excluding hydrogens is 693 g/mol. The number of fused-ring (bicyclic) bond motifs is 8. The fraction of sp³-hybridized carbons (Fsp3) is 0.208. The molecule has 3 aliphatic rings. The van der Waals surface area contributed by atoms with Crippen molar-refractivity contribution in [2.45, 2.75) is 69.9 Å². The molecule has 278 valence electrons. The van der Waals surface area contributed by atoms with Gasteiger partial charge in [0.25, 0.3) is 0 Å². The lowest BCUT2D eigenvalue weighted by atomic mass is 9.63. The normalized spacial score (nSPS) is 19.3. The minimum absolute atomic E-state index is 0.0698. The van der Waals surface area contributed by atoms with Gasteiger partial charge in [0.05, 0.1) is 11.0 Å². The van der Waals surface area contributed by atoms with Crippen molar-refractivity contribution in [2.75, 3.05) is 0 Å². The number of nitrogens with zero attached hydrogens (tertiary/aromatic N) is 3. The third-order valence-corrected chi connectivity index (χ3v) is 13.2. The van der Waals surface area contributed by atoms with Gasteiger partial charge < -0.3 is 9.88 Å². The maximum absolute atomic E-state index is 5.36. The first-order valence-electron chi connectivity index (χ1n) is 20.5. The predicted octanol–water partition coefficient (Wildman–Crippen LogP) is 12.7. The van der Waals surface area contributed by atoms with E-state index in [9.17, 15) is 0 Å². The highest BCUT2D eigenvalue weighted by molar-refractivity contribution is 6.14. The zero-order valence-corrected chi connectivity index (χ0v) is 33.1. The number of amidine groups is 2. The first-order chi connectivity index (χ1) is 27.7. The minimum atomic E-state index is -0.321. The van der Waals surface area contributed by atoms with E-state index in [1.165, 1.54) is 78.8 Å². The van der Waals surface area contributed by atoms with Gasteiger partial charge in [0.2, 0.25) is 0 Å². The fourth-order valence-corrected chi connectivity index (χ4v) is 9.99. The number of rotatable bonds is 4. The van der Waals surface area contributed by atoms with E-state index in [0.717, 1.165) is 34.9 Å². The highest BCUT2D eigenvalue weighted by atomic mass is 15.2. The number of aliphatic imine (C=N–C) groups is 2. The number of benzene rings is 7. The van der Waals surface area contributed by atoms with E-state index in [1.54, 1.807) is 0 Å². The monoisotopic (exact) mass is 738 g/mol. The van der Waals surface area contributed by atoms with Crippen LogP contribution in [0, 0.1) is 0 Å². The van der Waals surface area contributed by atoms with Gasteiger partial charge in [-0.3, -0.25) is 0 Å². The van der Waals surface area contributed by atoms with Gasteiger partial charge in [0.1, 0.15) is 12.0 Å². The summed E-state index contributed by atoms with van der Waals surface area (Å²) in [6, 6.07) is 55.7. The van der Waals surface area contributed by atoms with Gasteiger partial charge >= 0.3 is 0 Å². The second-order valence-electron chi connectivity index (χ2n) is 17.7. The molecule has 2 atom stereocenters. The van der Waals surface area contributed by atoms with E-state index >= 15 is 0 Å². The van der Waals surface area contributed by atoms with Crippen LogP contribution >= 0.6 is 0 Å². The van der Waals surface area contributed by atoms with E-state index in [-0.39, 0.29) is 22.9 Å². The van der Waals surface area contributed by atoms with Crippen molar-refractivity contribution in [3.05, 3.63) is 185 Å². The zero-order chi connectivity index (χ0) is 38.5. The van der Waals surface area contributed by atoms with Crippen LogP contribution in [0.2, 0.25) is 0 Å². The maximum Gasteiger partial charge on any atom is 0.159 e. The van der Waals surface area contributed by atoms with Crippen molar-refractivity contribution >= 4 is 44.2 Å². The van der Waals surface area contributed by atoms with E-state index in [4.69, 9.17) is 9.98 Å². The Bertz CT molecular complexity index is 2980. The predicted molar refractivity (Wildman–Crippen MR) is 238 cm³/mol. The highest BCUT2D eigenvalue weighted by Gasteiger charge is 2.38. The molecule has 11 rings (SSSR count). The lowest BCUT2D eigenvalue weighted by Crippen LogP contribution is -2.38. The molecule has 1 aromatic heterocycles. The van der Waals surface area contributed by atoms with Crippen LogP contribution in [0.1, 0.15) is 86.0 Å². The molecule has 2 aliphatic carbocycles. The largest absolute Gasteiger partial charge is 0.348 e. The summed E-state index contributed by atoms with van der Waals surface area (Å²) in [4.78, 5) is 10.7. The lowest BCUT2D eigenvalue weighted by molar-refractivity contribution is 0.332. The molecule has 1 N–H and O–H groups in total. The summed E-state index contributed by atoms with van der Waals surface area (Å²) in [5.41, 5.74) is 14.2. The highest BCUT2D eigenvalue weighted by Crippen LogP contribution is 2.49. The molecule has 0 bridgehead atoms. The van der Waals surface area contributed by atoms with Crippen LogP contribution in [-0.2, 0) is 17.3 Å². The molecule has 8 aromatic rings. The molecule has 7 aromatic carbocycles. The minimum Gasteiger partial charge on any atom is -0.348 e. The standard InChI is InChI=1S/C53H46N4/c1-52(2)25-26-53(3,4)46-32-48-43(31-45(46)52)42-28-34-17-8-9-18-35(34)30-47(42)57(48)38-21-14-20-37(27-38)50-54-49(33-15-6-5-7-16-33)55-51(56-50)44-29-36-19-10-11-22-39(36)40-23-12-13-24-41(40)44/h5-24,27-28,30-32,44,50H,25-26,29H2,1-4H3,(H,54,55,56). The average Bonchev–Trinajstić information content (AvgIpc) is 3.56. The van der Waals surface area contributed by atoms with Gasteiger partial charge in [-0.05, 0) is 116 Å². The molecule has 0 saturated heterocycles. The number of aromatic nitrogens is 1. The smallest absolute Gasteiger partial charge is 0.159 e. The fourth-order valence-electron chi connectivity index (χ4n) is 9.99. The van der Waals surface area contributed by atoms with Gasteiger partial charge in [-0.15, -0.1) is 0 Å². The zero-order valence-electron chi connectivity index (χ0n) is 33.1. The second-order valence-corrected chi connectivity index (χ2v) is 17.7. The lowest BCUT2D eigenvalue weighted by Gasteiger charge is -2.42. The van der Waals surface area contributed by atoms with E-state index in [1.807, 2.05) is 0 Å². The second kappa shape index (κ2) is 12.6. The van der Waals surface area contributed by atoms with Crippen LogP contribution in [0.4, 0.5) is 0 Å². The Morgan fingerprint density at radius 2 is 1.25 bits per heavy atom. The van der Waals surface area contributed by atoms with Gasteiger partial charge in [0, 0.05) is 27.9 Å². The molecule has 2 unspecified atom stereocenters. The summed E-state index contributed by atoms with van der Waals surface area (Å²) in [6.07, 6.45) is 2.92. The molecule has 0 radical (unpaired) electrons. The van der Waals surface area contributed by atoms with Gasteiger partial charge in [0.15, 0.2) is 5.84 Å². The molecule has 0 saturated carbocycles. The molecule has 2 heterocycles. The van der Waals surface area contributed by atoms with Crippen LogP contribution in [0.15, 0.2) is 162 Å². The van der Waals surface area contributed by atoms with Crippen molar-refractivity contribution in [3.63, 3.8) is 0 Å². The average molecular weight is 739 g/mol. The molecule has 4 nitrogen and oxygen atoms in total. The van der Waals surface area contributed by atoms with Gasteiger partial charge in [-0.25, -0.2) is 9.98 Å². The molecule has 57 heavy (non-hydrogen) atoms. The number of nitrogens with one attached hydrogen (secondary N) is 1. The summed E-state index contributed by atoms with van der Waals surface area (Å²) in [5, 5.41) is 9.02. The van der Waals surface area contributed by atoms with Crippen LogP contribution in [0.5, 0.6) is 0 Å². The van der Waals surface area contributed by atoms with Crippen LogP contribution in [-0.4, -0.2) is 16.2 Å². The van der Waals surface area contributed by atoms with Crippen molar-refractivity contribution in [1.82, 2.24) is 9.88 Å². The molecule has 0 amide bonds. The Balaban J connectivity index is 1.09. The molecule has 0 spiro atoms. The third-order valence-electron chi connectivity index (χ3n) is 13.2. The molecule has 4 heteroatoms. The van der Waals surface area contributed by atoms with Crippen LogP contribution < -0.4 is 5.32 Å². The van der Waals surface area contributed by atoms with Gasteiger partial charge in [-0.2, -0.15) is 0 Å². The quantitative estimate of drug-likeness (QED) is 0.192. The summed E-state index contributed by atoms with van der Waals surface area (Å²) in [5.74, 6) is 1.79. The van der Waals surface area contributed by atoms with E-state index in [0.29, 0.717) is 0 Å². The first kappa shape index (κ1) is 34.0. The van der Waals surface area contributed by atoms with E-state index < -0.39 is 0 Å². The van der Waals surface area contributed by atoms with Crippen molar-refractivity contribution < 1.29 is 0 Å². The van der Waals surface area contributed by atoms with Crippen molar-refractivity contribution in [3.8, 4) is 16.8 Å². The van der Waals surface area contributed by atoms with E-state index in [2.05, 4.69) is 189 Å². The molecular formula is C53H46N4. The summed E-state index contributed by atoms with van der Waals surface area (Å²) < 4.78 is 2.51. The first-order valence-corrected chi connectivity index (χ1v) is 20.5. The number of hydrogen-bond donors (Lipinski definition) is 1. The topological polar surface area (TPSA) is 41.7 Å². The Kier molecular flexibility index (Phi) is 7.54. The summed E-state index contributed by atoms with van der Waals surface area (Å²) >= 11 is 0. The SMILES string of the molecule is CC1(C)CCC(C)(C)c2cc3c(cc21)c1cc2ccccc2cc1n3-c1cccc(C2N=C(c3ccccc3)N=C(C3Cc4ccccc4-c4ccccc43)N2)c1.